The first-order valence-electron chi connectivity index (χ1n) is 8.20. The molecular weight excluding hydrogens is 374 g/mol. The highest BCUT2D eigenvalue weighted by molar-refractivity contribution is 7.92. The van der Waals surface area contributed by atoms with Crippen molar-refractivity contribution in [1.29, 1.82) is 0 Å². The van der Waals surface area contributed by atoms with Gasteiger partial charge in [0.25, 0.3) is 0 Å². The molecule has 6 nitrogen and oxygen atoms in total. The van der Waals surface area contributed by atoms with Gasteiger partial charge < -0.3 is 10.2 Å². The van der Waals surface area contributed by atoms with E-state index in [4.69, 9.17) is 11.6 Å². The van der Waals surface area contributed by atoms with E-state index >= 15 is 0 Å². The Labute approximate surface area is 158 Å². The van der Waals surface area contributed by atoms with Crippen molar-refractivity contribution in [1.82, 2.24) is 0 Å². The van der Waals surface area contributed by atoms with Gasteiger partial charge in [0, 0.05) is 13.1 Å². The van der Waals surface area contributed by atoms with E-state index < -0.39 is 10.0 Å². The number of hydrogen-bond acceptors (Lipinski definition) is 4. The number of nitrogens with one attached hydrogen (secondary N) is 2. The number of anilines is 3. The second-order valence-electron chi connectivity index (χ2n) is 6.29. The second kappa shape index (κ2) is 7.55. The molecule has 1 atom stereocenters. The maximum Gasteiger partial charge on any atom is 0.229 e. The van der Waals surface area contributed by atoms with Crippen molar-refractivity contribution in [2.45, 2.75) is 6.42 Å². The van der Waals surface area contributed by atoms with E-state index in [2.05, 4.69) is 14.9 Å². The van der Waals surface area contributed by atoms with Gasteiger partial charge in [-0.15, -0.1) is 0 Å². The number of para-hydroxylation sites is 3. The van der Waals surface area contributed by atoms with Gasteiger partial charge in [-0.25, -0.2) is 8.42 Å². The molecule has 0 aliphatic carbocycles. The number of carbonyl (C=O) groups is 1. The predicted molar refractivity (Wildman–Crippen MR) is 105 cm³/mol. The minimum atomic E-state index is -3.43. The van der Waals surface area contributed by atoms with Crippen molar-refractivity contribution in [3.63, 3.8) is 0 Å². The Hall–Kier alpha value is -2.25. The van der Waals surface area contributed by atoms with Crippen LogP contribution in [0, 0.1) is 5.92 Å². The molecule has 138 valence electrons. The maximum atomic E-state index is 12.6. The lowest BCUT2D eigenvalue weighted by Gasteiger charge is -2.20. The molecule has 8 heteroatoms. The Morgan fingerprint density at radius 2 is 1.77 bits per heavy atom. The van der Waals surface area contributed by atoms with E-state index in [1.807, 2.05) is 24.3 Å². The summed E-state index contributed by atoms with van der Waals surface area (Å²) in [6.07, 6.45) is 1.78. The first-order chi connectivity index (χ1) is 12.3. The summed E-state index contributed by atoms with van der Waals surface area (Å²) in [7, 11) is -3.43. The Balaban J connectivity index is 1.69. The molecule has 0 saturated carbocycles. The molecular formula is C18H20ClN3O3S. The molecule has 2 N–H and O–H groups in total. The quantitative estimate of drug-likeness (QED) is 0.817. The highest BCUT2D eigenvalue weighted by Gasteiger charge is 2.29. The number of amides is 1. The topological polar surface area (TPSA) is 78.5 Å². The van der Waals surface area contributed by atoms with Crippen molar-refractivity contribution in [3.05, 3.63) is 53.6 Å². The molecule has 0 aromatic heterocycles. The highest BCUT2D eigenvalue weighted by atomic mass is 35.5. The monoisotopic (exact) mass is 393 g/mol. The summed E-state index contributed by atoms with van der Waals surface area (Å²) >= 11 is 6.24. The predicted octanol–water partition coefficient (Wildman–Crippen LogP) is 3.18. The molecule has 1 aliphatic heterocycles. The van der Waals surface area contributed by atoms with Crippen molar-refractivity contribution in [2.24, 2.45) is 5.92 Å². The fourth-order valence-electron chi connectivity index (χ4n) is 3.02. The average molecular weight is 394 g/mol. The Morgan fingerprint density at radius 1 is 1.12 bits per heavy atom. The van der Waals surface area contributed by atoms with E-state index in [0.717, 1.165) is 18.5 Å². The van der Waals surface area contributed by atoms with Gasteiger partial charge >= 0.3 is 0 Å². The van der Waals surface area contributed by atoms with E-state index in [0.29, 0.717) is 29.4 Å². The Morgan fingerprint density at radius 3 is 2.46 bits per heavy atom. The lowest BCUT2D eigenvalue weighted by Crippen LogP contribution is -2.27. The third-order valence-corrected chi connectivity index (χ3v) is 5.14. The van der Waals surface area contributed by atoms with Crippen LogP contribution >= 0.6 is 11.6 Å². The normalized spacial score (nSPS) is 17.2. The van der Waals surface area contributed by atoms with Crippen LogP contribution < -0.4 is 14.9 Å². The van der Waals surface area contributed by atoms with Crippen LogP contribution in [-0.2, 0) is 14.8 Å². The summed E-state index contributed by atoms with van der Waals surface area (Å²) in [6.45, 7) is 1.31. The molecule has 0 spiro atoms. The largest absolute Gasteiger partial charge is 0.370 e. The van der Waals surface area contributed by atoms with E-state index in [1.165, 1.54) is 0 Å². The summed E-state index contributed by atoms with van der Waals surface area (Å²) in [5, 5.41) is 3.50. The van der Waals surface area contributed by atoms with Gasteiger partial charge in [-0.05, 0) is 30.7 Å². The van der Waals surface area contributed by atoms with Gasteiger partial charge in [0.15, 0.2) is 0 Å². The molecule has 1 amide bonds. The van der Waals surface area contributed by atoms with E-state index in [9.17, 15) is 13.2 Å². The van der Waals surface area contributed by atoms with Crippen molar-refractivity contribution < 1.29 is 13.2 Å². The Bertz CT molecular complexity index is 917. The lowest BCUT2D eigenvalue weighted by atomic mass is 10.1. The number of benzene rings is 2. The summed E-state index contributed by atoms with van der Waals surface area (Å²) in [4.78, 5) is 14.7. The minimum Gasteiger partial charge on any atom is -0.370 e. The Kier molecular flexibility index (Phi) is 5.38. The zero-order valence-electron chi connectivity index (χ0n) is 14.3. The molecule has 26 heavy (non-hydrogen) atoms. The summed E-state index contributed by atoms with van der Waals surface area (Å²) in [5.41, 5.74) is 1.71. The smallest absolute Gasteiger partial charge is 0.229 e. The summed E-state index contributed by atoms with van der Waals surface area (Å²) in [6, 6.07) is 14.3. The molecule has 1 aliphatic rings. The van der Waals surface area contributed by atoms with Crippen LogP contribution in [0.2, 0.25) is 5.02 Å². The molecule has 1 heterocycles. The van der Waals surface area contributed by atoms with Gasteiger partial charge in [0.05, 0.1) is 34.3 Å². The molecule has 2 aromatic carbocycles. The van der Waals surface area contributed by atoms with Crippen LogP contribution in [0.5, 0.6) is 0 Å². The molecule has 2 aromatic rings. The first kappa shape index (κ1) is 18.5. The second-order valence-corrected chi connectivity index (χ2v) is 8.45. The van der Waals surface area contributed by atoms with E-state index in [1.54, 1.807) is 24.3 Å². The number of hydrogen-bond donors (Lipinski definition) is 2. The van der Waals surface area contributed by atoms with Crippen LogP contribution in [-0.4, -0.2) is 33.7 Å². The molecule has 0 radical (unpaired) electrons. The first-order valence-corrected chi connectivity index (χ1v) is 10.5. The third-order valence-electron chi connectivity index (χ3n) is 4.23. The molecule has 0 unspecified atom stereocenters. The average Bonchev–Trinajstić information content (AvgIpc) is 3.06. The number of carbonyl (C=O) groups excluding carboxylic acids is 1. The highest BCUT2D eigenvalue weighted by Crippen LogP contribution is 2.31. The summed E-state index contributed by atoms with van der Waals surface area (Å²) < 4.78 is 25.4. The molecule has 1 fully saturated rings. The fourth-order valence-corrected chi connectivity index (χ4v) is 3.85. The van der Waals surface area contributed by atoms with Crippen LogP contribution in [0.15, 0.2) is 48.5 Å². The zero-order chi connectivity index (χ0) is 18.7. The zero-order valence-corrected chi connectivity index (χ0v) is 15.8. The molecule has 3 rings (SSSR count). The van der Waals surface area contributed by atoms with Crippen molar-refractivity contribution >= 4 is 44.6 Å². The van der Waals surface area contributed by atoms with Crippen LogP contribution in [0.4, 0.5) is 17.1 Å². The van der Waals surface area contributed by atoms with Gasteiger partial charge in [-0.2, -0.15) is 0 Å². The number of sulfonamides is 1. The number of halogens is 1. The lowest BCUT2D eigenvalue weighted by molar-refractivity contribution is -0.119. The SMILES string of the molecule is CS(=O)(=O)Nc1ccccc1NC(=O)[C@@H]1CCN(c2ccccc2Cl)C1. The standard InChI is InChI=1S/C18H20ClN3O3S/c1-26(24,25)21-16-8-4-3-7-15(16)20-18(23)13-10-11-22(12-13)17-9-5-2-6-14(17)19/h2-9,13,21H,10-12H2,1H3,(H,20,23)/t13-/m1/s1. The van der Waals surface area contributed by atoms with E-state index in [-0.39, 0.29) is 11.8 Å². The van der Waals surface area contributed by atoms with Crippen molar-refractivity contribution in [3.8, 4) is 0 Å². The molecule has 1 saturated heterocycles. The van der Waals surface area contributed by atoms with Crippen LogP contribution in [0.25, 0.3) is 0 Å². The van der Waals surface area contributed by atoms with Gasteiger partial charge in [-0.1, -0.05) is 35.9 Å². The molecule has 0 bridgehead atoms. The van der Waals surface area contributed by atoms with Gasteiger partial charge in [-0.3, -0.25) is 9.52 Å². The minimum absolute atomic E-state index is 0.137. The maximum absolute atomic E-state index is 12.6. The fraction of sp³-hybridized carbons (Fsp3) is 0.278. The third kappa shape index (κ3) is 4.47. The van der Waals surface area contributed by atoms with Crippen LogP contribution in [0.1, 0.15) is 6.42 Å². The van der Waals surface area contributed by atoms with Gasteiger partial charge in [0.2, 0.25) is 15.9 Å². The summed E-state index contributed by atoms with van der Waals surface area (Å²) in [5.74, 6) is -0.333. The number of nitrogens with zero attached hydrogens (tertiary/aromatic N) is 1. The van der Waals surface area contributed by atoms with Gasteiger partial charge in [0.1, 0.15) is 0 Å². The number of rotatable bonds is 5. The van der Waals surface area contributed by atoms with Crippen LogP contribution in [0.3, 0.4) is 0 Å². The van der Waals surface area contributed by atoms with Crippen molar-refractivity contribution in [2.75, 3.05) is 34.3 Å².